The first-order chi connectivity index (χ1) is 13.0. The fourth-order valence-corrected chi connectivity index (χ4v) is 5.58. The van der Waals surface area contributed by atoms with Gasteiger partial charge in [0, 0.05) is 29.6 Å². The minimum absolute atomic E-state index is 0.146. The van der Waals surface area contributed by atoms with Gasteiger partial charge in [-0.25, -0.2) is 27.9 Å². The summed E-state index contributed by atoms with van der Waals surface area (Å²) in [5.74, 6) is -0.0253. The Bertz CT molecular complexity index is 1280. The highest BCUT2D eigenvalue weighted by Gasteiger charge is 2.32. The van der Waals surface area contributed by atoms with Gasteiger partial charge in [0.15, 0.2) is 24.9 Å². The van der Waals surface area contributed by atoms with Gasteiger partial charge in [0.05, 0.1) is 7.11 Å². The number of carbonyl (C=O) groups excluding carboxylic acids is 1. The number of nitrogens with zero attached hydrogens (tertiary/aromatic N) is 4. The van der Waals surface area contributed by atoms with Crippen LogP contribution < -0.4 is 14.8 Å². The lowest BCUT2D eigenvalue weighted by atomic mass is 10.4. The van der Waals surface area contributed by atoms with Crippen molar-refractivity contribution < 1.29 is 26.4 Å². The first-order valence-corrected chi connectivity index (χ1v) is 11.7. The predicted octanol–water partition coefficient (Wildman–Crippen LogP) is 0.417. The van der Waals surface area contributed by atoms with Crippen molar-refractivity contribution in [1.82, 2.24) is 24.1 Å². The summed E-state index contributed by atoms with van der Waals surface area (Å²) in [6.45, 7) is 1.63. The zero-order chi connectivity index (χ0) is 20.7. The molecule has 28 heavy (non-hydrogen) atoms. The quantitative estimate of drug-likeness (QED) is 0.565. The molecular formula is C13H14N6O6S3. The summed E-state index contributed by atoms with van der Waals surface area (Å²) >= 11 is 1.04. The first-order valence-electron chi connectivity index (χ1n) is 7.40. The fraction of sp³-hybridized carbons (Fsp3) is 0.231. The molecule has 3 aromatic rings. The Balaban J connectivity index is 1.94. The topological polar surface area (TPSA) is 162 Å². The third-order valence-electron chi connectivity index (χ3n) is 3.29. The van der Waals surface area contributed by atoms with E-state index < -0.39 is 35.9 Å². The van der Waals surface area contributed by atoms with Crippen LogP contribution in [-0.4, -0.2) is 55.6 Å². The summed E-state index contributed by atoms with van der Waals surface area (Å²) in [6, 6.07) is 0.329. The molecule has 2 N–H and O–H groups in total. The number of carbonyl (C=O) groups is 1. The molecule has 0 atom stereocenters. The lowest BCUT2D eigenvalue weighted by Crippen LogP contribution is -2.36. The molecule has 0 aliphatic rings. The zero-order valence-electron chi connectivity index (χ0n) is 14.7. The normalized spacial score (nSPS) is 12.1. The van der Waals surface area contributed by atoms with E-state index in [-0.39, 0.29) is 16.8 Å². The lowest BCUT2D eigenvalue weighted by molar-refractivity contribution is 0.256. The molecule has 0 aliphatic heterocycles. The van der Waals surface area contributed by atoms with Crippen LogP contribution in [0, 0.1) is 6.92 Å². The zero-order valence-corrected chi connectivity index (χ0v) is 17.1. The largest absolute Gasteiger partial charge is 0.481 e. The van der Waals surface area contributed by atoms with E-state index in [1.54, 1.807) is 11.6 Å². The SMILES string of the molecule is COc1cc(C)nc(NC(=O)NS(=O)(=O)c2c(S(C)(=O)=O)nc3sccn23)n1. The Morgan fingerprint density at radius 1 is 1.21 bits per heavy atom. The third kappa shape index (κ3) is 3.90. The van der Waals surface area contributed by atoms with Gasteiger partial charge < -0.3 is 4.74 Å². The van der Waals surface area contributed by atoms with E-state index in [1.165, 1.54) is 24.8 Å². The van der Waals surface area contributed by atoms with Gasteiger partial charge in [-0.2, -0.15) is 13.4 Å². The number of imidazole rings is 1. The predicted molar refractivity (Wildman–Crippen MR) is 98.8 cm³/mol. The smallest absolute Gasteiger partial charge is 0.335 e. The van der Waals surface area contributed by atoms with Gasteiger partial charge in [0.2, 0.25) is 11.8 Å². The van der Waals surface area contributed by atoms with Crippen molar-refractivity contribution in [1.29, 1.82) is 0 Å². The van der Waals surface area contributed by atoms with Crippen LogP contribution >= 0.6 is 11.3 Å². The van der Waals surface area contributed by atoms with Gasteiger partial charge in [-0.3, -0.25) is 9.72 Å². The Hall–Kier alpha value is -2.78. The summed E-state index contributed by atoms with van der Waals surface area (Å²) in [4.78, 5) is 24.0. The van der Waals surface area contributed by atoms with Crippen molar-refractivity contribution in [2.45, 2.75) is 17.0 Å². The average Bonchev–Trinajstić information content (AvgIpc) is 3.13. The number of urea groups is 1. The van der Waals surface area contributed by atoms with E-state index in [0.29, 0.717) is 5.69 Å². The number of thiazole rings is 1. The van der Waals surface area contributed by atoms with E-state index in [1.807, 2.05) is 0 Å². The maximum Gasteiger partial charge on any atom is 0.335 e. The molecule has 0 radical (unpaired) electrons. The maximum absolute atomic E-state index is 12.7. The van der Waals surface area contributed by atoms with Gasteiger partial charge in [-0.15, -0.1) is 11.3 Å². The molecule has 0 unspecified atom stereocenters. The third-order valence-corrected chi connectivity index (χ3v) is 6.51. The Morgan fingerprint density at radius 3 is 2.57 bits per heavy atom. The van der Waals surface area contributed by atoms with Crippen LogP contribution in [0.2, 0.25) is 0 Å². The Labute approximate surface area is 163 Å². The van der Waals surface area contributed by atoms with Crippen molar-refractivity contribution >= 4 is 48.1 Å². The van der Waals surface area contributed by atoms with Crippen molar-refractivity contribution in [3.8, 4) is 5.88 Å². The highest BCUT2D eigenvalue weighted by atomic mass is 32.2. The molecule has 3 aromatic heterocycles. The molecule has 150 valence electrons. The van der Waals surface area contributed by atoms with E-state index in [0.717, 1.165) is 22.0 Å². The number of aryl methyl sites for hydroxylation is 1. The van der Waals surface area contributed by atoms with Gasteiger partial charge >= 0.3 is 6.03 Å². The van der Waals surface area contributed by atoms with Crippen LogP contribution in [0.1, 0.15) is 5.69 Å². The Morgan fingerprint density at radius 2 is 1.93 bits per heavy atom. The van der Waals surface area contributed by atoms with Crippen LogP contribution in [0.3, 0.4) is 0 Å². The minimum atomic E-state index is -4.59. The molecule has 0 saturated carbocycles. The van der Waals surface area contributed by atoms with Gasteiger partial charge in [-0.1, -0.05) is 0 Å². The van der Waals surface area contributed by atoms with E-state index in [4.69, 9.17) is 4.74 Å². The summed E-state index contributed by atoms with van der Waals surface area (Å²) in [5.41, 5.74) is 0.472. The molecule has 2 amide bonds. The second-order valence-electron chi connectivity index (χ2n) is 5.48. The number of amides is 2. The molecule has 12 nitrogen and oxygen atoms in total. The van der Waals surface area contributed by atoms with Crippen LogP contribution in [0.15, 0.2) is 27.7 Å². The standard InChI is InChI=1S/C13H14N6O6S3/c1-7-6-8(25-2)15-11(14-7)17-12(20)18-28(23,24)10-9(27(3,21)22)16-13-19(10)4-5-26-13/h4-6H,1-3H3,(H2,14,15,17,18,20). The fourth-order valence-electron chi connectivity index (χ4n) is 2.23. The van der Waals surface area contributed by atoms with Crippen LogP contribution in [-0.2, 0) is 19.9 Å². The molecule has 3 heterocycles. The molecular weight excluding hydrogens is 432 g/mol. The van der Waals surface area contributed by atoms with Crippen LogP contribution in [0.25, 0.3) is 4.96 Å². The van der Waals surface area contributed by atoms with Crippen LogP contribution in [0.4, 0.5) is 10.7 Å². The monoisotopic (exact) mass is 446 g/mol. The highest BCUT2D eigenvalue weighted by molar-refractivity contribution is 7.93. The minimum Gasteiger partial charge on any atom is -0.481 e. The van der Waals surface area contributed by atoms with Crippen molar-refractivity contribution in [3.63, 3.8) is 0 Å². The van der Waals surface area contributed by atoms with Crippen molar-refractivity contribution in [2.75, 3.05) is 18.7 Å². The number of fused-ring (bicyclic) bond motifs is 1. The maximum atomic E-state index is 12.7. The lowest BCUT2D eigenvalue weighted by Gasteiger charge is -2.09. The molecule has 0 spiro atoms. The second-order valence-corrected chi connectivity index (χ2v) is 9.89. The summed E-state index contributed by atoms with van der Waals surface area (Å²) < 4.78 is 57.1. The Kier molecular flexibility index (Phi) is 4.99. The number of ether oxygens (including phenoxy) is 1. The average molecular weight is 446 g/mol. The molecule has 0 fully saturated rings. The molecule has 0 aromatic carbocycles. The molecule has 0 saturated heterocycles. The molecule has 0 bridgehead atoms. The number of methoxy groups -OCH3 is 1. The highest BCUT2D eigenvalue weighted by Crippen LogP contribution is 2.25. The van der Waals surface area contributed by atoms with Crippen molar-refractivity contribution in [3.05, 3.63) is 23.3 Å². The first kappa shape index (κ1) is 20.0. The van der Waals surface area contributed by atoms with Crippen molar-refractivity contribution in [2.24, 2.45) is 0 Å². The molecule has 0 aliphatic carbocycles. The van der Waals surface area contributed by atoms with Gasteiger partial charge in [0.1, 0.15) is 0 Å². The summed E-state index contributed by atoms with van der Waals surface area (Å²) in [7, 11) is -7.20. The van der Waals surface area contributed by atoms with E-state index in [9.17, 15) is 21.6 Å². The number of sulfone groups is 1. The van der Waals surface area contributed by atoms with Gasteiger partial charge in [-0.05, 0) is 6.92 Å². The number of hydrogen-bond acceptors (Lipinski definition) is 10. The number of hydrogen-bond donors (Lipinski definition) is 2. The summed E-state index contributed by atoms with van der Waals surface area (Å²) in [5, 5.41) is 2.37. The number of nitrogens with one attached hydrogen (secondary N) is 2. The van der Waals surface area contributed by atoms with E-state index >= 15 is 0 Å². The number of anilines is 1. The molecule has 15 heteroatoms. The number of aromatic nitrogens is 4. The second kappa shape index (κ2) is 6.99. The molecule has 3 rings (SSSR count). The summed E-state index contributed by atoms with van der Waals surface area (Å²) in [6.07, 6.45) is 2.16. The number of sulfonamides is 1. The number of rotatable bonds is 5. The van der Waals surface area contributed by atoms with Gasteiger partial charge in [0.25, 0.3) is 10.0 Å². The van der Waals surface area contributed by atoms with E-state index in [2.05, 4.69) is 20.3 Å². The van der Waals surface area contributed by atoms with Crippen LogP contribution in [0.5, 0.6) is 5.88 Å².